The number of sulfonamides is 1. The molecule has 0 radical (unpaired) electrons. The maximum absolute atomic E-state index is 13.4. The molecule has 0 bridgehead atoms. The second-order valence-electron chi connectivity index (χ2n) is 8.55. The molecule has 4 amide bonds. The highest BCUT2D eigenvalue weighted by molar-refractivity contribution is 7.89. The number of morpholine rings is 1. The van der Waals surface area contributed by atoms with E-state index >= 15 is 0 Å². The first kappa shape index (κ1) is 26.1. The molecule has 0 aliphatic carbocycles. The summed E-state index contributed by atoms with van der Waals surface area (Å²) in [5, 5.41) is 5.42. The lowest BCUT2D eigenvalue weighted by Crippen LogP contribution is -2.44. The normalized spacial score (nSPS) is 20.9. The topological polar surface area (TPSA) is 125 Å². The fourth-order valence-electron chi connectivity index (χ4n) is 4.41. The highest BCUT2D eigenvalue weighted by Crippen LogP contribution is 2.34. The number of carbonyl (C=O) groups is 3. The van der Waals surface area contributed by atoms with Crippen molar-refractivity contribution in [2.75, 3.05) is 38.2 Å². The minimum atomic E-state index is -3.81. The lowest BCUT2D eigenvalue weighted by atomic mass is 9.85. The van der Waals surface area contributed by atoms with E-state index in [9.17, 15) is 22.8 Å². The molecule has 2 aromatic carbocycles. The van der Waals surface area contributed by atoms with Crippen molar-refractivity contribution in [2.45, 2.75) is 30.2 Å². The Balaban J connectivity index is 1.52. The number of hydrogen-bond acceptors (Lipinski definition) is 6. The first-order valence-electron chi connectivity index (χ1n) is 11.6. The molecule has 0 unspecified atom stereocenters. The van der Waals surface area contributed by atoms with Crippen LogP contribution in [0.15, 0.2) is 53.4 Å². The summed E-state index contributed by atoms with van der Waals surface area (Å²) >= 11 is 6.21. The zero-order valence-corrected chi connectivity index (χ0v) is 21.3. The van der Waals surface area contributed by atoms with Crippen molar-refractivity contribution < 1.29 is 27.5 Å². The van der Waals surface area contributed by atoms with Gasteiger partial charge < -0.3 is 15.4 Å². The maximum Gasteiger partial charge on any atom is 0.325 e. The van der Waals surface area contributed by atoms with Gasteiger partial charge in [0.05, 0.1) is 28.8 Å². The zero-order chi connectivity index (χ0) is 25.9. The van der Waals surface area contributed by atoms with E-state index in [1.807, 2.05) is 13.0 Å². The number of amides is 4. The quantitative estimate of drug-likeness (QED) is 0.501. The molecule has 2 heterocycles. The van der Waals surface area contributed by atoms with Gasteiger partial charge in [0.1, 0.15) is 12.1 Å². The summed E-state index contributed by atoms with van der Waals surface area (Å²) in [6, 6.07) is 12.2. The number of rotatable bonds is 8. The van der Waals surface area contributed by atoms with Gasteiger partial charge in [-0.3, -0.25) is 14.5 Å². The molecule has 0 spiro atoms. The van der Waals surface area contributed by atoms with Gasteiger partial charge in [-0.05, 0) is 30.2 Å². The zero-order valence-electron chi connectivity index (χ0n) is 19.7. The number of imide groups is 1. The first-order chi connectivity index (χ1) is 17.2. The Bertz CT molecular complexity index is 1270. The molecular weight excluding hydrogens is 508 g/mol. The molecular formula is C24H27ClN4O6S. The van der Waals surface area contributed by atoms with Crippen molar-refractivity contribution in [1.29, 1.82) is 0 Å². The van der Waals surface area contributed by atoms with Crippen LogP contribution in [0, 0.1) is 0 Å². The molecule has 36 heavy (non-hydrogen) atoms. The number of nitrogens with zero attached hydrogens (tertiary/aromatic N) is 2. The van der Waals surface area contributed by atoms with E-state index in [4.69, 9.17) is 16.3 Å². The Morgan fingerprint density at radius 1 is 1.14 bits per heavy atom. The van der Waals surface area contributed by atoms with Gasteiger partial charge in [0.15, 0.2) is 0 Å². The molecule has 2 saturated heterocycles. The van der Waals surface area contributed by atoms with E-state index in [0.717, 1.165) is 4.90 Å². The third-order valence-electron chi connectivity index (χ3n) is 6.19. The molecule has 0 aromatic heterocycles. The molecule has 2 fully saturated rings. The second kappa shape index (κ2) is 10.6. The fraction of sp³-hybridized carbons (Fsp3) is 0.375. The van der Waals surface area contributed by atoms with Crippen LogP contribution in [-0.4, -0.2) is 68.3 Å². The number of halogens is 1. The fourth-order valence-corrected chi connectivity index (χ4v) is 6.01. The van der Waals surface area contributed by atoms with Crippen LogP contribution >= 0.6 is 11.6 Å². The molecule has 12 heteroatoms. The Morgan fingerprint density at radius 3 is 2.50 bits per heavy atom. The SMILES string of the molecule is CCC[C@@]1(c2ccccc2)NC(=O)N(CC(=O)Nc2cc(S(=O)(=O)N3CCOCC3)ccc2Cl)C1=O. The summed E-state index contributed by atoms with van der Waals surface area (Å²) in [5.74, 6) is -1.22. The average molecular weight is 535 g/mol. The summed E-state index contributed by atoms with van der Waals surface area (Å²) in [6.45, 7) is 2.38. The van der Waals surface area contributed by atoms with Gasteiger partial charge in [-0.1, -0.05) is 55.3 Å². The van der Waals surface area contributed by atoms with Gasteiger partial charge in [0, 0.05) is 13.1 Å². The average Bonchev–Trinajstić information content (AvgIpc) is 3.11. The van der Waals surface area contributed by atoms with Crippen LogP contribution in [-0.2, 0) is 29.9 Å². The van der Waals surface area contributed by atoms with Crippen LogP contribution in [0.3, 0.4) is 0 Å². The van der Waals surface area contributed by atoms with Crippen molar-refractivity contribution in [3.8, 4) is 0 Å². The van der Waals surface area contributed by atoms with Gasteiger partial charge in [-0.25, -0.2) is 13.2 Å². The van der Waals surface area contributed by atoms with E-state index < -0.39 is 40.0 Å². The van der Waals surface area contributed by atoms with Crippen LogP contribution < -0.4 is 10.6 Å². The van der Waals surface area contributed by atoms with Crippen molar-refractivity contribution in [3.05, 3.63) is 59.1 Å². The maximum atomic E-state index is 13.4. The molecule has 2 aliphatic heterocycles. The monoisotopic (exact) mass is 534 g/mol. The summed E-state index contributed by atoms with van der Waals surface area (Å²) in [4.78, 5) is 39.8. The second-order valence-corrected chi connectivity index (χ2v) is 10.9. The molecule has 2 aliphatic rings. The van der Waals surface area contributed by atoms with Gasteiger partial charge in [0.25, 0.3) is 5.91 Å². The number of anilines is 1. The lowest BCUT2D eigenvalue weighted by molar-refractivity contribution is -0.134. The number of benzene rings is 2. The minimum Gasteiger partial charge on any atom is -0.379 e. The summed E-state index contributed by atoms with van der Waals surface area (Å²) in [5.41, 5.74) is -0.555. The van der Waals surface area contributed by atoms with E-state index in [-0.39, 0.29) is 28.7 Å². The number of hydrogen-bond donors (Lipinski definition) is 2. The Morgan fingerprint density at radius 2 is 1.83 bits per heavy atom. The van der Waals surface area contributed by atoms with E-state index in [1.165, 1.54) is 22.5 Å². The summed E-state index contributed by atoms with van der Waals surface area (Å²) < 4.78 is 32.5. The first-order valence-corrected chi connectivity index (χ1v) is 13.4. The van der Waals surface area contributed by atoms with Crippen LogP contribution in [0.2, 0.25) is 5.02 Å². The van der Waals surface area contributed by atoms with Crippen molar-refractivity contribution in [2.24, 2.45) is 0 Å². The predicted octanol–water partition coefficient (Wildman–Crippen LogP) is 2.55. The Labute approximate surface area is 214 Å². The highest BCUT2D eigenvalue weighted by atomic mass is 35.5. The van der Waals surface area contributed by atoms with Crippen molar-refractivity contribution in [3.63, 3.8) is 0 Å². The highest BCUT2D eigenvalue weighted by Gasteiger charge is 2.52. The largest absolute Gasteiger partial charge is 0.379 e. The summed E-state index contributed by atoms with van der Waals surface area (Å²) in [7, 11) is -3.81. The third kappa shape index (κ3) is 4.96. The van der Waals surface area contributed by atoms with E-state index in [0.29, 0.717) is 31.6 Å². The van der Waals surface area contributed by atoms with Crippen LogP contribution in [0.25, 0.3) is 0 Å². The van der Waals surface area contributed by atoms with Gasteiger partial charge in [0.2, 0.25) is 15.9 Å². The molecule has 2 N–H and O–H groups in total. The standard InChI is InChI=1S/C24H27ClN4O6S/c1-2-10-24(17-6-4-3-5-7-17)22(31)29(23(32)27-24)16-21(30)26-20-15-18(8-9-19(20)25)36(33,34)28-11-13-35-14-12-28/h3-9,15H,2,10-14,16H2,1H3,(H,26,30)(H,27,32)/t24-/m0/s1. The summed E-state index contributed by atoms with van der Waals surface area (Å²) in [6.07, 6.45) is 0.994. The number of nitrogens with one attached hydrogen (secondary N) is 2. The number of carbonyl (C=O) groups excluding carboxylic acids is 3. The van der Waals surface area contributed by atoms with Crippen LogP contribution in [0.4, 0.5) is 10.5 Å². The molecule has 10 nitrogen and oxygen atoms in total. The van der Waals surface area contributed by atoms with Gasteiger partial charge in [-0.2, -0.15) is 4.31 Å². The van der Waals surface area contributed by atoms with Gasteiger partial charge in [-0.15, -0.1) is 0 Å². The molecule has 0 saturated carbocycles. The third-order valence-corrected chi connectivity index (χ3v) is 8.41. The van der Waals surface area contributed by atoms with Crippen LogP contribution in [0.1, 0.15) is 25.3 Å². The smallest absolute Gasteiger partial charge is 0.325 e. The predicted molar refractivity (Wildman–Crippen MR) is 133 cm³/mol. The molecule has 2 aromatic rings. The van der Waals surface area contributed by atoms with Crippen LogP contribution in [0.5, 0.6) is 0 Å². The Kier molecular flexibility index (Phi) is 7.65. The van der Waals surface area contributed by atoms with E-state index in [2.05, 4.69) is 10.6 Å². The Hall–Kier alpha value is -2.99. The number of ether oxygens (including phenoxy) is 1. The molecule has 192 valence electrons. The molecule has 1 atom stereocenters. The molecule has 4 rings (SSSR count). The van der Waals surface area contributed by atoms with Crippen molar-refractivity contribution >= 4 is 45.2 Å². The lowest BCUT2D eigenvalue weighted by Gasteiger charge is -2.27. The van der Waals surface area contributed by atoms with Crippen molar-refractivity contribution in [1.82, 2.24) is 14.5 Å². The van der Waals surface area contributed by atoms with E-state index in [1.54, 1.807) is 24.3 Å². The van der Waals surface area contributed by atoms with Gasteiger partial charge >= 0.3 is 6.03 Å². The minimum absolute atomic E-state index is 0.0369. The number of urea groups is 1.